The number of nitrogens with one attached hydrogen (secondary N) is 1. The third-order valence-electron chi connectivity index (χ3n) is 6.63. The van der Waals surface area contributed by atoms with Crippen LogP contribution in [-0.2, 0) is 5.41 Å². The molecule has 0 radical (unpaired) electrons. The van der Waals surface area contributed by atoms with E-state index in [9.17, 15) is 10.2 Å². The van der Waals surface area contributed by atoms with Crippen molar-refractivity contribution >= 4 is 31.4 Å². The quantitative estimate of drug-likeness (QED) is 0.250. The van der Waals surface area contributed by atoms with Gasteiger partial charge in [-0.1, -0.05) is 0 Å². The normalized spacial score (nSPS) is 19.3. The Labute approximate surface area is 221 Å². The van der Waals surface area contributed by atoms with Gasteiger partial charge >= 0.3 is 151 Å². The van der Waals surface area contributed by atoms with Gasteiger partial charge in [0.1, 0.15) is 18.5 Å². The first-order valence-corrected chi connectivity index (χ1v) is 17.3. The van der Waals surface area contributed by atoms with Crippen molar-refractivity contribution in [3.8, 4) is 11.5 Å². The SMILES string of the molecule is CC(C)(c1ccc(OC[C@H](O)CN2CCNCC2)cc1)c1ccc(OC[C@H](O)CI2CC2)c(Cl)c1. The molecule has 2 aromatic rings. The van der Waals surface area contributed by atoms with Gasteiger partial charge in [-0.05, 0) is 0 Å². The number of ether oxygens (including phenoxy) is 2. The number of piperazine rings is 1. The van der Waals surface area contributed by atoms with Crippen LogP contribution in [0.25, 0.3) is 0 Å². The zero-order valence-corrected chi connectivity index (χ0v) is 23.6. The Hall–Kier alpha value is -1.10. The zero-order chi connectivity index (χ0) is 24.8. The van der Waals surface area contributed by atoms with Crippen LogP contribution >= 0.6 is 31.4 Å². The van der Waals surface area contributed by atoms with Crippen molar-refractivity contribution in [2.45, 2.75) is 31.5 Å². The molecule has 8 heteroatoms. The molecule has 2 saturated heterocycles. The van der Waals surface area contributed by atoms with E-state index in [0.717, 1.165) is 47.5 Å². The van der Waals surface area contributed by atoms with Gasteiger partial charge in [0, 0.05) is 32.7 Å². The summed E-state index contributed by atoms with van der Waals surface area (Å²) in [6, 6.07) is 13.9. The van der Waals surface area contributed by atoms with E-state index in [1.165, 1.54) is 8.86 Å². The number of nitrogens with zero attached hydrogens (tertiary/aromatic N) is 1. The summed E-state index contributed by atoms with van der Waals surface area (Å²) < 4.78 is 15.4. The van der Waals surface area contributed by atoms with E-state index in [-0.39, 0.29) is 18.1 Å². The topological polar surface area (TPSA) is 74.2 Å². The summed E-state index contributed by atoms with van der Waals surface area (Å²) in [6.07, 6.45) is -0.886. The molecule has 0 amide bonds. The van der Waals surface area contributed by atoms with E-state index < -0.39 is 25.9 Å². The van der Waals surface area contributed by atoms with E-state index in [4.69, 9.17) is 21.1 Å². The summed E-state index contributed by atoms with van der Waals surface area (Å²) in [6.45, 7) is 9.41. The Morgan fingerprint density at radius 2 is 1.63 bits per heavy atom. The molecule has 0 spiro atoms. The molecule has 0 saturated carbocycles. The summed E-state index contributed by atoms with van der Waals surface area (Å²) in [5.74, 6) is 1.37. The number of hydrogen-bond donors (Lipinski definition) is 3. The first-order valence-electron chi connectivity index (χ1n) is 12.3. The molecule has 0 bridgehead atoms. The minimum absolute atomic E-state index is 0.264. The number of benzene rings is 2. The molecule has 2 aliphatic heterocycles. The van der Waals surface area contributed by atoms with Crippen LogP contribution in [0.2, 0.25) is 5.02 Å². The molecule has 2 heterocycles. The molecule has 194 valence electrons. The second kappa shape index (κ2) is 12.4. The fourth-order valence-corrected chi connectivity index (χ4v) is 9.30. The van der Waals surface area contributed by atoms with Gasteiger partial charge in [0.2, 0.25) is 0 Å². The number of β-amino-alcohol motifs (C(OH)–C–C–N with tert-alkyl or cyclic N) is 1. The van der Waals surface area contributed by atoms with Gasteiger partial charge in [0.15, 0.2) is 0 Å². The van der Waals surface area contributed by atoms with Crippen LogP contribution in [0.15, 0.2) is 42.5 Å². The summed E-state index contributed by atoms with van der Waals surface area (Å²) in [4.78, 5) is 2.26. The number of halogens is 2. The van der Waals surface area contributed by atoms with E-state index in [1.807, 2.05) is 30.3 Å². The van der Waals surface area contributed by atoms with Gasteiger partial charge in [0.25, 0.3) is 0 Å². The van der Waals surface area contributed by atoms with E-state index in [0.29, 0.717) is 23.9 Å². The van der Waals surface area contributed by atoms with Crippen LogP contribution in [0.4, 0.5) is 0 Å². The number of alkyl halides is 3. The molecule has 2 atom stereocenters. The van der Waals surface area contributed by atoms with Gasteiger partial charge < -0.3 is 15.2 Å². The van der Waals surface area contributed by atoms with Gasteiger partial charge in [-0.3, -0.25) is 4.90 Å². The molecular weight excluding hydrogens is 579 g/mol. The molecule has 2 aromatic carbocycles. The monoisotopic (exact) mass is 616 g/mol. The second-order valence-corrected chi connectivity index (χ2v) is 16.6. The van der Waals surface area contributed by atoms with Crippen LogP contribution < -0.4 is 14.8 Å². The Kier molecular flexibility index (Phi) is 9.57. The molecule has 2 aliphatic rings. The van der Waals surface area contributed by atoms with Crippen molar-refractivity contribution in [1.82, 2.24) is 10.2 Å². The Balaban J connectivity index is 1.30. The van der Waals surface area contributed by atoms with Crippen LogP contribution in [-0.4, -0.2) is 86.5 Å². The van der Waals surface area contributed by atoms with E-state index in [2.05, 4.69) is 36.2 Å². The Morgan fingerprint density at radius 3 is 2.29 bits per heavy atom. The van der Waals surface area contributed by atoms with Crippen molar-refractivity contribution in [2.75, 3.05) is 59.2 Å². The summed E-state index contributed by atoms with van der Waals surface area (Å²) >= 11 is 5.79. The Bertz CT molecular complexity index is 949. The predicted octanol–water partition coefficient (Wildman–Crippen LogP) is 3.57. The van der Waals surface area contributed by atoms with Gasteiger partial charge in [-0.2, -0.15) is 0 Å². The molecule has 35 heavy (non-hydrogen) atoms. The van der Waals surface area contributed by atoms with Crippen molar-refractivity contribution < 1.29 is 19.7 Å². The summed E-state index contributed by atoms with van der Waals surface area (Å²) in [5, 5.41) is 24.4. The van der Waals surface area contributed by atoms with Gasteiger partial charge in [-0.25, -0.2) is 0 Å². The molecule has 6 nitrogen and oxygen atoms in total. The van der Waals surface area contributed by atoms with E-state index in [1.54, 1.807) is 0 Å². The third kappa shape index (κ3) is 7.94. The Morgan fingerprint density at radius 1 is 0.971 bits per heavy atom. The van der Waals surface area contributed by atoms with E-state index >= 15 is 0 Å². The average Bonchev–Trinajstić information content (AvgIpc) is 3.67. The van der Waals surface area contributed by atoms with Gasteiger partial charge in [-0.15, -0.1) is 0 Å². The molecular formula is C27H38ClIN2O4. The fraction of sp³-hybridized carbons (Fsp3) is 0.556. The van der Waals surface area contributed by atoms with Gasteiger partial charge in [0.05, 0.1) is 0 Å². The fourth-order valence-electron chi connectivity index (χ4n) is 4.27. The molecule has 2 fully saturated rings. The maximum atomic E-state index is 10.3. The minimum atomic E-state index is -0.752. The molecule has 0 unspecified atom stereocenters. The number of aliphatic hydroxyl groups excluding tert-OH is 2. The summed E-state index contributed by atoms with van der Waals surface area (Å²) in [5.41, 5.74) is 1.96. The van der Waals surface area contributed by atoms with Crippen molar-refractivity contribution in [2.24, 2.45) is 0 Å². The number of rotatable bonds is 12. The molecule has 3 N–H and O–H groups in total. The second-order valence-electron chi connectivity index (χ2n) is 9.87. The molecule has 0 aliphatic carbocycles. The maximum absolute atomic E-state index is 10.3. The first kappa shape index (κ1) is 26.9. The first-order chi connectivity index (χ1) is 16.8. The van der Waals surface area contributed by atoms with Crippen LogP contribution in [0, 0.1) is 0 Å². The number of hydrogen-bond acceptors (Lipinski definition) is 6. The number of aliphatic hydroxyl groups is 2. The van der Waals surface area contributed by atoms with Crippen molar-refractivity contribution in [3.63, 3.8) is 0 Å². The van der Waals surface area contributed by atoms with Crippen LogP contribution in [0.3, 0.4) is 0 Å². The van der Waals surface area contributed by atoms with Crippen molar-refractivity contribution in [1.29, 1.82) is 0 Å². The average molecular weight is 617 g/mol. The standard InChI is InChI=1S/C27H38ClIN2O4/c1-27(2,21-5-8-26(25(28)15-21)35-18-22(32)16-29-9-10-29)20-3-6-24(7-4-20)34-19-23(33)17-31-13-11-30-12-14-31/h3-8,15,22-23,30,32-33H,9-14,16-19H2,1-2H3/t22-,23-/m1/s1. The van der Waals surface area contributed by atoms with Crippen molar-refractivity contribution in [3.05, 3.63) is 58.6 Å². The van der Waals surface area contributed by atoms with Crippen LogP contribution in [0.5, 0.6) is 11.5 Å². The molecule has 4 rings (SSSR count). The zero-order valence-electron chi connectivity index (χ0n) is 20.7. The van der Waals surface area contributed by atoms with Crippen LogP contribution in [0.1, 0.15) is 25.0 Å². The predicted molar refractivity (Wildman–Crippen MR) is 151 cm³/mol. The summed E-state index contributed by atoms with van der Waals surface area (Å²) in [7, 11) is 0. The molecule has 0 aromatic heterocycles. The third-order valence-corrected chi connectivity index (χ3v) is 11.8.